The number of pyridine rings is 1. The molecule has 1 aromatic carbocycles. The Morgan fingerprint density at radius 1 is 1.24 bits per heavy atom. The Morgan fingerprint density at radius 2 is 1.90 bits per heavy atom. The SMILES string of the molecule is Cn1c(=O)cc(NCC(=O)NC(C)(C)C)c2ccccc21. The van der Waals surface area contributed by atoms with Gasteiger partial charge >= 0.3 is 0 Å². The highest BCUT2D eigenvalue weighted by molar-refractivity contribution is 5.93. The van der Waals surface area contributed by atoms with E-state index in [-0.39, 0.29) is 23.6 Å². The molecule has 0 saturated carbocycles. The second kappa shape index (κ2) is 5.60. The highest BCUT2D eigenvalue weighted by Gasteiger charge is 2.14. The molecule has 112 valence electrons. The van der Waals surface area contributed by atoms with Gasteiger partial charge in [0.05, 0.1) is 12.1 Å². The number of anilines is 1. The molecule has 1 aromatic heterocycles. The zero-order valence-corrected chi connectivity index (χ0v) is 12.9. The van der Waals surface area contributed by atoms with Crippen LogP contribution >= 0.6 is 0 Å². The van der Waals surface area contributed by atoms with Gasteiger partial charge in [0.1, 0.15) is 0 Å². The maximum Gasteiger partial charge on any atom is 0.252 e. The summed E-state index contributed by atoms with van der Waals surface area (Å²) in [6.45, 7) is 5.92. The lowest BCUT2D eigenvalue weighted by Crippen LogP contribution is -2.43. The van der Waals surface area contributed by atoms with Gasteiger partial charge in [0, 0.05) is 29.7 Å². The average molecular weight is 287 g/mol. The van der Waals surface area contributed by atoms with Crippen LogP contribution in [-0.4, -0.2) is 22.6 Å². The van der Waals surface area contributed by atoms with E-state index in [1.165, 1.54) is 6.07 Å². The Labute approximate surface area is 124 Å². The number of hydrogen-bond donors (Lipinski definition) is 2. The number of carbonyl (C=O) groups excluding carboxylic acids is 1. The van der Waals surface area contributed by atoms with Gasteiger partial charge < -0.3 is 15.2 Å². The van der Waals surface area contributed by atoms with Gasteiger partial charge in [-0.1, -0.05) is 18.2 Å². The number of aryl methyl sites for hydroxylation is 1. The van der Waals surface area contributed by atoms with Gasteiger partial charge in [-0.2, -0.15) is 0 Å². The number of carbonyl (C=O) groups is 1. The minimum absolute atomic E-state index is 0.104. The molecule has 2 aromatic rings. The van der Waals surface area contributed by atoms with E-state index in [1.54, 1.807) is 11.6 Å². The molecule has 5 heteroatoms. The molecule has 21 heavy (non-hydrogen) atoms. The van der Waals surface area contributed by atoms with E-state index in [1.807, 2.05) is 45.0 Å². The van der Waals surface area contributed by atoms with Crippen molar-refractivity contribution in [1.29, 1.82) is 0 Å². The van der Waals surface area contributed by atoms with Crippen LogP contribution in [0.3, 0.4) is 0 Å². The van der Waals surface area contributed by atoms with Gasteiger partial charge in [0.25, 0.3) is 5.56 Å². The molecule has 0 aliphatic rings. The lowest BCUT2D eigenvalue weighted by atomic mass is 10.1. The van der Waals surface area contributed by atoms with Crippen molar-refractivity contribution < 1.29 is 4.79 Å². The number of rotatable bonds is 3. The number of nitrogens with one attached hydrogen (secondary N) is 2. The topological polar surface area (TPSA) is 63.1 Å². The molecule has 2 N–H and O–H groups in total. The van der Waals surface area contributed by atoms with Crippen LogP contribution in [0.15, 0.2) is 35.1 Å². The lowest BCUT2D eigenvalue weighted by molar-refractivity contribution is -0.120. The van der Waals surface area contributed by atoms with Gasteiger partial charge in [-0.3, -0.25) is 9.59 Å². The van der Waals surface area contributed by atoms with Gasteiger partial charge in [-0.25, -0.2) is 0 Å². The Kier molecular flexibility index (Phi) is 4.02. The summed E-state index contributed by atoms with van der Waals surface area (Å²) in [5, 5.41) is 6.85. The van der Waals surface area contributed by atoms with E-state index in [2.05, 4.69) is 10.6 Å². The molecule has 0 saturated heterocycles. The molecule has 0 unspecified atom stereocenters. The third-order valence-corrected chi connectivity index (χ3v) is 3.11. The minimum Gasteiger partial charge on any atom is -0.375 e. The molecule has 1 amide bonds. The third kappa shape index (κ3) is 3.62. The molecule has 0 aliphatic carbocycles. The Bertz CT molecular complexity index is 726. The number of benzene rings is 1. The van der Waals surface area contributed by atoms with Gasteiger partial charge in [-0.15, -0.1) is 0 Å². The van der Waals surface area contributed by atoms with Crippen molar-refractivity contribution in [2.75, 3.05) is 11.9 Å². The molecule has 0 atom stereocenters. The number of hydrogen-bond acceptors (Lipinski definition) is 3. The van der Waals surface area contributed by atoms with E-state index in [0.717, 1.165) is 10.9 Å². The summed E-state index contributed by atoms with van der Waals surface area (Å²) in [4.78, 5) is 23.8. The van der Waals surface area contributed by atoms with Gasteiger partial charge in [-0.05, 0) is 26.8 Å². The van der Waals surface area contributed by atoms with Crippen LogP contribution in [0, 0.1) is 0 Å². The summed E-state index contributed by atoms with van der Waals surface area (Å²) in [7, 11) is 1.74. The Hall–Kier alpha value is -2.30. The van der Waals surface area contributed by atoms with Crippen molar-refractivity contribution >= 4 is 22.5 Å². The zero-order valence-electron chi connectivity index (χ0n) is 12.9. The highest BCUT2D eigenvalue weighted by Crippen LogP contribution is 2.20. The predicted octanol–water partition coefficient (Wildman–Crippen LogP) is 1.87. The molecule has 2 rings (SSSR count). The first-order valence-corrected chi connectivity index (χ1v) is 6.91. The zero-order chi connectivity index (χ0) is 15.6. The quantitative estimate of drug-likeness (QED) is 0.906. The fourth-order valence-corrected chi connectivity index (χ4v) is 2.19. The highest BCUT2D eigenvalue weighted by atomic mass is 16.2. The van der Waals surface area contributed by atoms with Crippen LogP contribution in [0.5, 0.6) is 0 Å². The molecule has 0 spiro atoms. The van der Waals surface area contributed by atoms with Crippen LogP contribution < -0.4 is 16.2 Å². The lowest BCUT2D eigenvalue weighted by Gasteiger charge is -2.21. The van der Waals surface area contributed by atoms with E-state index in [9.17, 15) is 9.59 Å². The fourth-order valence-electron chi connectivity index (χ4n) is 2.19. The molecular formula is C16H21N3O2. The van der Waals surface area contributed by atoms with E-state index in [4.69, 9.17) is 0 Å². The van der Waals surface area contributed by atoms with Crippen LogP contribution in [0.2, 0.25) is 0 Å². The maximum absolute atomic E-state index is 11.9. The van der Waals surface area contributed by atoms with Crippen molar-refractivity contribution in [2.24, 2.45) is 7.05 Å². The van der Waals surface area contributed by atoms with Crippen molar-refractivity contribution in [3.8, 4) is 0 Å². The normalized spacial score (nSPS) is 11.4. The molecule has 5 nitrogen and oxygen atoms in total. The van der Waals surface area contributed by atoms with Crippen molar-refractivity contribution in [1.82, 2.24) is 9.88 Å². The number of aromatic nitrogens is 1. The second-order valence-corrected chi connectivity index (χ2v) is 6.12. The number of amides is 1. The molecule has 0 bridgehead atoms. The smallest absolute Gasteiger partial charge is 0.252 e. The van der Waals surface area contributed by atoms with E-state index in [0.29, 0.717) is 5.69 Å². The second-order valence-electron chi connectivity index (χ2n) is 6.12. The summed E-state index contributed by atoms with van der Waals surface area (Å²) < 4.78 is 1.59. The summed E-state index contributed by atoms with van der Waals surface area (Å²) in [5.41, 5.74) is 1.14. The largest absolute Gasteiger partial charge is 0.375 e. The first-order valence-electron chi connectivity index (χ1n) is 6.91. The molecule has 0 radical (unpaired) electrons. The maximum atomic E-state index is 11.9. The summed E-state index contributed by atoms with van der Waals surface area (Å²) in [6, 6.07) is 9.13. The van der Waals surface area contributed by atoms with E-state index < -0.39 is 0 Å². The third-order valence-electron chi connectivity index (χ3n) is 3.11. The number of nitrogens with zero attached hydrogens (tertiary/aromatic N) is 1. The summed E-state index contributed by atoms with van der Waals surface area (Å²) in [5.74, 6) is -0.104. The van der Waals surface area contributed by atoms with Gasteiger partial charge in [0.15, 0.2) is 0 Å². The van der Waals surface area contributed by atoms with Crippen molar-refractivity contribution in [2.45, 2.75) is 26.3 Å². The van der Waals surface area contributed by atoms with Crippen molar-refractivity contribution in [3.63, 3.8) is 0 Å². The minimum atomic E-state index is -0.270. The summed E-state index contributed by atoms with van der Waals surface area (Å²) in [6.07, 6.45) is 0. The average Bonchev–Trinajstić information content (AvgIpc) is 2.39. The first-order chi connectivity index (χ1) is 9.78. The monoisotopic (exact) mass is 287 g/mol. The van der Waals surface area contributed by atoms with E-state index >= 15 is 0 Å². The van der Waals surface area contributed by atoms with Crippen molar-refractivity contribution in [3.05, 3.63) is 40.7 Å². The molecule has 1 heterocycles. The Balaban J connectivity index is 2.25. The van der Waals surface area contributed by atoms with Crippen LogP contribution in [0.25, 0.3) is 10.9 Å². The summed E-state index contributed by atoms with van der Waals surface area (Å²) >= 11 is 0. The Morgan fingerprint density at radius 3 is 2.57 bits per heavy atom. The van der Waals surface area contributed by atoms with Crippen LogP contribution in [0.4, 0.5) is 5.69 Å². The van der Waals surface area contributed by atoms with Gasteiger partial charge in [0.2, 0.25) is 5.91 Å². The number of fused-ring (bicyclic) bond motifs is 1. The standard InChI is InChI=1S/C16H21N3O2/c1-16(2,3)18-14(20)10-17-12-9-15(21)19(4)13-8-6-5-7-11(12)13/h5-9,17H,10H2,1-4H3,(H,18,20). The number of para-hydroxylation sites is 1. The molecule has 0 aliphatic heterocycles. The molecular weight excluding hydrogens is 266 g/mol. The first kappa shape index (κ1) is 15.1. The van der Waals surface area contributed by atoms with Crippen LogP contribution in [-0.2, 0) is 11.8 Å². The molecule has 0 fully saturated rings. The predicted molar refractivity (Wildman–Crippen MR) is 85.6 cm³/mol. The van der Waals surface area contributed by atoms with Crippen LogP contribution in [0.1, 0.15) is 20.8 Å². The fraction of sp³-hybridized carbons (Fsp3) is 0.375.